The van der Waals surface area contributed by atoms with E-state index in [4.69, 9.17) is 4.74 Å². The van der Waals surface area contributed by atoms with Crippen LogP contribution in [0.2, 0.25) is 0 Å². The van der Waals surface area contributed by atoms with Crippen molar-refractivity contribution in [3.05, 3.63) is 0 Å². The van der Waals surface area contributed by atoms with E-state index in [1.165, 1.54) is 7.11 Å². The van der Waals surface area contributed by atoms with Crippen LogP contribution in [0.25, 0.3) is 0 Å². The number of carbonyl (C=O) groups excluding carboxylic acids is 3. The van der Waals surface area contributed by atoms with Crippen molar-refractivity contribution in [1.82, 2.24) is 4.90 Å². The molecule has 4 bridgehead atoms. The molecule has 0 radical (unpaired) electrons. The Bertz CT molecular complexity index is 487. The normalized spacial score (nSPS) is 49.6. The molecule has 0 aromatic carbocycles. The Balaban J connectivity index is 2.18. The van der Waals surface area contributed by atoms with Gasteiger partial charge in [-0.15, -0.1) is 0 Å². The number of methoxy groups -OCH3 is 1. The first-order chi connectivity index (χ1) is 8.28. The third kappa shape index (κ3) is 1.04. The maximum absolute atomic E-state index is 12.6. The van der Waals surface area contributed by atoms with Crippen molar-refractivity contribution < 1.29 is 19.1 Å². The summed E-state index contributed by atoms with van der Waals surface area (Å²) < 4.78 is 4.83. The Hall–Kier alpha value is -1.23. The highest BCUT2D eigenvalue weighted by atomic mass is 16.5. The number of nitrogens with zero attached hydrogens (tertiary/aromatic N) is 1. The second-order valence-electron chi connectivity index (χ2n) is 6.45. The molecule has 18 heavy (non-hydrogen) atoms. The van der Waals surface area contributed by atoms with Gasteiger partial charge in [0.1, 0.15) is 5.41 Å². The fourth-order valence-electron chi connectivity index (χ4n) is 4.44. The highest BCUT2D eigenvalue weighted by Crippen LogP contribution is 2.57. The summed E-state index contributed by atoms with van der Waals surface area (Å²) in [6.45, 7) is 5.03. The summed E-state index contributed by atoms with van der Waals surface area (Å²) in [6.07, 6.45) is 0.302. The number of hydrogen-bond acceptors (Lipinski definition) is 5. The summed E-state index contributed by atoms with van der Waals surface area (Å²) in [5.74, 6) is -0.724. The fourth-order valence-corrected chi connectivity index (χ4v) is 4.44. The van der Waals surface area contributed by atoms with E-state index in [2.05, 4.69) is 4.90 Å². The molecule has 3 aliphatic heterocycles. The molecule has 0 aromatic rings. The van der Waals surface area contributed by atoms with Crippen LogP contribution in [0.4, 0.5) is 0 Å². The quantitative estimate of drug-likeness (QED) is 0.486. The molecule has 0 amide bonds. The number of ketones is 2. The van der Waals surface area contributed by atoms with Gasteiger partial charge in [-0.05, 0) is 13.3 Å². The van der Waals surface area contributed by atoms with E-state index >= 15 is 0 Å². The van der Waals surface area contributed by atoms with E-state index in [0.29, 0.717) is 26.1 Å². The largest absolute Gasteiger partial charge is 0.468 e. The highest BCUT2D eigenvalue weighted by molar-refractivity contribution is 6.21. The molecule has 1 unspecified atom stereocenters. The van der Waals surface area contributed by atoms with Gasteiger partial charge in [-0.25, -0.2) is 0 Å². The molecule has 3 heterocycles. The number of esters is 1. The third-order valence-electron chi connectivity index (χ3n) is 4.86. The maximum Gasteiger partial charge on any atom is 0.320 e. The molecule has 4 aliphatic rings. The second kappa shape index (κ2) is 3.02. The Morgan fingerprint density at radius 2 is 1.83 bits per heavy atom. The molecule has 5 heteroatoms. The Kier molecular flexibility index (Phi) is 1.98. The zero-order valence-electron chi connectivity index (χ0n) is 10.9. The van der Waals surface area contributed by atoms with Gasteiger partial charge in [0, 0.05) is 25.0 Å². The lowest BCUT2D eigenvalue weighted by Gasteiger charge is -2.62. The molecule has 0 N–H and O–H groups in total. The summed E-state index contributed by atoms with van der Waals surface area (Å²) in [7, 11) is 1.30. The van der Waals surface area contributed by atoms with Crippen LogP contribution in [0.3, 0.4) is 0 Å². The van der Waals surface area contributed by atoms with Crippen LogP contribution in [0.5, 0.6) is 0 Å². The van der Waals surface area contributed by atoms with Crippen molar-refractivity contribution in [3.8, 4) is 0 Å². The average Bonchev–Trinajstić information content (AvgIpc) is 2.31. The fraction of sp³-hybridized carbons (Fsp3) is 0.769. The summed E-state index contributed by atoms with van der Waals surface area (Å²) in [4.78, 5) is 39.2. The standard InChI is InChI=1S/C13H17NO4/c1-11-4-13(10(17)18-3)7-14(5-11)6-12(2,8(11)15)9(13)16/h4-7H2,1-3H3/t11-,12+,13+/m1/s1. The molecule has 3 saturated heterocycles. The van der Waals surface area contributed by atoms with Gasteiger partial charge in [-0.2, -0.15) is 0 Å². The van der Waals surface area contributed by atoms with E-state index in [0.717, 1.165) is 0 Å². The molecule has 5 nitrogen and oxygen atoms in total. The molecular formula is C13H17NO4. The van der Waals surface area contributed by atoms with Crippen molar-refractivity contribution in [2.75, 3.05) is 26.7 Å². The maximum atomic E-state index is 12.6. The molecule has 1 aliphatic carbocycles. The third-order valence-corrected chi connectivity index (χ3v) is 4.86. The Morgan fingerprint density at radius 1 is 1.17 bits per heavy atom. The number of carbonyl (C=O) groups is 3. The minimum Gasteiger partial charge on any atom is -0.468 e. The topological polar surface area (TPSA) is 63.7 Å². The van der Waals surface area contributed by atoms with Gasteiger partial charge < -0.3 is 4.74 Å². The molecule has 4 rings (SSSR count). The van der Waals surface area contributed by atoms with Gasteiger partial charge in [-0.1, -0.05) is 6.92 Å². The number of rotatable bonds is 1. The number of hydrogen-bond donors (Lipinski definition) is 0. The summed E-state index contributed by atoms with van der Waals surface area (Å²) >= 11 is 0. The highest BCUT2D eigenvalue weighted by Gasteiger charge is 2.72. The minimum absolute atomic E-state index is 0.00419. The van der Waals surface area contributed by atoms with Gasteiger partial charge in [0.05, 0.1) is 12.5 Å². The second-order valence-corrected chi connectivity index (χ2v) is 6.45. The molecule has 98 valence electrons. The van der Waals surface area contributed by atoms with Crippen LogP contribution in [0, 0.1) is 16.2 Å². The minimum atomic E-state index is -1.12. The predicted octanol–water partition coefficient (Wildman–Crippen LogP) is 0.0295. The first-order valence-electron chi connectivity index (χ1n) is 6.19. The van der Waals surface area contributed by atoms with Gasteiger partial charge in [0.15, 0.2) is 11.6 Å². The lowest BCUT2D eigenvalue weighted by molar-refractivity contribution is -0.196. The lowest BCUT2D eigenvalue weighted by Crippen LogP contribution is -2.77. The van der Waals surface area contributed by atoms with Crippen molar-refractivity contribution >= 4 is 17.5 Å². The smallest absolute Gasteiger partial charge is 0.320 e. The van der Waals surface area contributed by atoms with Gasteiger partial charge in [-0.3, -0.25) is 19.3 Å². The van der Waals surface area contributed by atoms with E-state index in [1.54, 1.807) is 6.92 Å². The van der Waals surface area contributed by atoms with Crippen LogP contribution >= 0.6 is 0 Å². The first kappa shape index (κ1) is 11.8. The zero-order chi connectivity index (χ0) is 13.3. The van der Waals surface area contributed by atoms with E-state index < -0.39 is 22.2 Å². The average molecular weight is 251 g/mol. The summed E-state index contributed by atoms with van der Waals surface area (Å²) in [6, 6.07) is 0. The van der Waals surface area contributed by atoms with Crippen LogP contribution in [-0.2, 0) is 19.1 Å². The van der Waals surface area contributed by atoms with Crippen LogP contribution in [0.1, 0.15) is 20.3 Å². The molecule has 1 saturated carbocycles. The Morgan fingerprint density at radius 3 is 2.44 bits per heavy atom. The summed E-state index contributed by atoms with van der Waals surface area (Å²) in [5, 5.41) is 0. The lowest BCUT2D eigenvalue weighted by atomic mass is 9.47. The van der Waals surface area contributed by atoms with Crippen LogP contribution < -0.4 is 0 Å². The summed E-state index contributed by atoms with van der Waals surface area (Å²) in [5.41, 5.74) is -2.74. The SMILES string of the molecule is COC(=O)[C@]12CN3C[C@@](C)(C1)C(=O)[C@](C)(C3)C2=O. The number of Topliss-reactive ketones (excluding diaryl/α,β-unsaturated/α-hetero) is 2. The number of piperidine rings is 3. The predicted molar refractivity (Wildman–Crippen MR) is 61.7 cm³/mol. The van der Waals surface area contributed by atoms with Gasteiger partial charge >= 0.3 is 5.97 Å². The molecule has 4 fully saturated rings. The van der Waals surface area contributed by atoms with E-state index in [9.17, 15) is 14.4 Å². The number of ether oxygens (including phenoxy) is 1. The van der Waals surface area contributed by atoms with Crippen molar-refractivity contribution in [3.63, 3.8) is 0 Å². The van der Waals surface area contributed by atoms with Crippen LogP contribution in [0.15, 0.2) is 0 Å². The van der Waals surface area contributed by atoms with E-state index in [-0.39, 0.29) is 11.6 Å². The first-order valence-corrected chi connectivity index (χ1v) is 6.19. The van der Waals surface area contributed by atoms with Crippen molar-refractivity contribution in [2.45, 2.75) is 20.3 Å². The van der Waals surface area contributed by atoms with Gasteiger partial charge in [0.2, 0.25) is 0 Å². The molecule has 0 aromatic heterocycles. The van der Waals surface area contributed by atoms with Crippen molar-refractivity contribution in [1.29, 1.82) is 0 Å². The molecular weight excluding hydrogens is 234 g/mol. The molecule has 0 spiro atoms. The van der Waals surface area contributed by atoms with Crippen LogP contribution in [-0.4, -0.2) is 49.2 Å². The Labute approximate surface area is 105 Å². The monoisotopic (exact) mass is 251 g/mol. The van der Waals surface area contributed by atoms with E-state index in [1.807, 2.05) is 6.92 Å². The zero-order valence-corrected chi connectivity index (χ0v) is 10.9. The molecule has 4 atom stereocenters. The van der Waals surface area contributed by atoms with Gasteiger partial charge in [0.25, 0.3) is 0 Å². The van der Waals surface area contributed by atoms with Crippen molar-refractivity contribution in [2.24, 2.45) is 16.2 Å².